The molecule has 0 saturated heterocycles. The van der Waals surface area contributed by atoms with Crippen LogP contribution in [0.25, 0.3) is 5.69 Å². The Hall–Kier alpha value is -2.37. The fourth-order valence-electron chi connectivity index (χ4n) is 1.17. The minimum Gasteiger partial charge on any atom is -0.477 e. The smallest absolute Gasteiger partial charge is 0.341 e. The van der Waals surface area contributed by atoms with Gasteiger partial charge in [-0.3, -0.25) is 4.98 Å². The number of hydrogen-bond acceptors (Lipinski definition) is 4. The molecular formula is C9H8N4O2. The lowest BCUT2D eigenvalue weighted by molar-refractivity contribution is 0.0698. The van der Waals surface area contributed by atoms with Crippen molar-refractivity contribution in [1.29, 1.82) is 0 Å². The molecule has 76 valence electrons. The largest absolute Gasteiger partial charge is 0.477 e. The number of aromatic nitrogens is 3. The molecule has 0 aliphatic carbocycles. The van der Waals surface area contributed by atoms with Crippen molar-refractivity contribution in [3.63, 3.8) is 0 Å². The quantitative estimate of drug-likeness (QED) is 0.744. The summed E-state index contributed by atoms with van der Waals surface area (Å²) in [7, 11) is 0. The molecule has 0 aromatic carbocycles. The molecule has 6 nitrogen and oxygen atoms in total. The Bertz CT molecular complexity index is 492. The standard InChI is InChI=1S/C9H8N4O2/c10-8-7(9(14)15)5-13(12-8)6-2-1-3-11-4-6/h1-5H,(H2,10,12)(H,14,15). The maximum atomic E-state index is 10.7. The number of nitrogen functional groups attached to an aromatic ring is 1. The van der Waals surface area contributed by atoms with E-state index in [1.165, 1.54) is 10.9 Å². The van der Waals surface area contributed by atoms with Gasteiger partial charge in [0, 0.05) is 12.4 Å². The van der Waals surface area contributed by atoms with Crippen LogP contribution >= 0.6 is 0 Å². The Kier molecular flexibility index (Phi) is 2.09. The number of nitrogens with two attached hydrogens (primary N) is 1. The van der Waals surface area contributed by atoms with Gasteiger partial charge in [-0.1, -0.05) is 0 Å². The van der Waals surface area contributed by atoms with Crippen LogP contribution in [0.4, 0.5) is 5.82 Å². The summed E-state index contributed by atoms with van der Waals surface area (Å²) < 4.78 is 1.38. The summed E-state index contributed by atoms with van der Waals surface area (Å²) in [6, 6.07) is 3.48. The first-order valence-corrected chi connectivity index (χ1v) is 4.17. The van der Waals surface area contributed by atoms with E-state index in [1.807, 2.05) is 0 Å². The van der Waals surface area contributed by atoms with Crippen molar-refractivity contribution in [2.75, 3.05) is 5.73 Å². The fourth-order valence-corrected chi connectivity index (χ4v) is 1.17. The van der Waals surface area contributed by atoms with Crippen molar-refractivity contribution < 1.29 is 9.90 Å². The van der Waals surface area contributed by atoms with E-state index in [0.29, 0.717) is 5.69 Å². The van der Waals surface area contributed by atoms with E-state index in [1.54, 1.807) is 24.5 Å². The second kappa shape index (κ2) is 3.41. The van der Waals surface area contributed by atoms with E-state index >= 15 is 0 Å². The van der Waals surface area contributed by atoms with Gasteiger partial charge in [0.25, 0.3) is 0 Å². The maximum Gasteiger partial charge on any atom is 0.341 e. The molecule has 3 N–H and O–H groups in total. The van der Waals surface area contributed by atoms with Gasteiger partial charge in [-0.2, -0.15) is 0 Å². The molecule has 0 bridgehead atoms. The van der Waals surface area contributed by atoms with Gasteiger partial charge in [0.2, 0.25) is 0 Å². The van der Waals surface area contributed by atoms with Gasteiger partial charge in [0.05, 0.1) is 11.9 Å². The molecular weight excluding hydrogens is 196 g/mol. The molecule has 2 aromatic heterocycles. The van der Waals surface area contributed by atoms with Crippen LogP contribution in [0.2, 0.25) is 0 Å². The zero-order valence-electron chi connectivity index (χ0n) is 7.66. The van der Waals surface area contributed by atoms with Gasteiger partial charge >= 0.3 is 5.97 Å². The number of anilines is 1. The van der Waals surface area contributed by atoms with Crippen LogP contribution in [0.3, 0.4) is 0 Å². The van der Waals surface area contributed by atoms with Crippen molar-refractivity contribution in [3.05, 3.63) is 36.3 Å². The molecule has 0 aliphatic heterocycles. The van der Waals surface area contributed by atoms with Crippen LogP contribution in [0, 0.1) is 0 Å². The minimum absolute atomic E-state index is 0.00801. The lowest BCUT2D eigenvalue weighted by atomic mass is 10.3. The number of aromatic carboxylic acids is 1. The number of hydrogen-bond donors (Lipinski definition) is 2. The number of carboxylic acid groups (broad SMARTS) is 1. The third-order valence-corrected chi connectivity index (χ3v) is 1.88. The summed E-state index contributed by atoms with van der Waals surface area (Å²) in [4.78, 5) is 14.6. The number of carboxylic acids is 1. The van der Waals surface area contributed by atoms with Crippen LogP contribution in [0.1, 0.15) is 10.4 Å². The molecule has 2 heterocycles. The second-order valence-electron chi connectivity index (χ2n) is 2.89. The number of nitrogens with zero attached hydrogens (tertiary/aromatic N) is 3. The van der Waals surface area contributed by atoms with Gasteiger partial charge in [-0.15, -0.1) is 5.10 Å². The summed E-state index contributed by atoms with van der Waals surface area (Å²) in [5.41, 5.74) is 6.10. The van der Waals surface area contributed by atoms with Crippen molar-refractivity contribution in [3.8, 4) is 5.69 Å². The molecule has 0 radical (unpaired) electrons. The summed E-state index contributed by atoms with van der Waals surface area (Å²) >= 11 is 0. The highest BCUT2D eigenvalue weighted by Crippen LogP contribution is 2.12. The van der Waals surface area contributed by atoms with Crippen molar-refractivity contribution in [2.45, 2.75) is 0 Å². The lowest BCUT2D eigenvalue weighted by Gasteiger charge is -1.97. The van der Waals surface area contributed by atoms with Gasteiger partial charge in [-0.25, -0.2) is 9.48 Å². The predicted octanol–water partition coefficient (Wildman–Crippen LogP) is 0.548. The monoisotopic (exact) mass is 204 g/mol. The van der Waals surface area contributed by atoms with Crippen LogP contribution in [-0.2, 0) is 0 Å². The Morgan fingerprint density at radius 2 is 2.33 bits per heavy atom. The van der Waals surface area contributed by atoms with E-state index in [4.69, 9.17) is 10.8 Å². The van der Waals surface area contributed by atoms with Gasteiger partial charge in [0.15, 0.2) is 5.82 Å². The maximum absolute atomic E-state index is 10.7. The van der Waals surface area contributed by atoms with E-state index in [9.17, 15) is 4.79 Å². The van der Waals surface area contributed by atoms with Gasteiger partial charge < -0.3 is 10.8 Å². The van der Waals surface area contributed by atoms with Crippen molar-refractivity contribution >= 4 is 11.8 Å². The number of rotatable bonds is 2. The minimum atomic E-state index is -1.09. The molecule has 0 unspecified atom stereocenters. The molecule has 0 aliphatic rings. The normalized spacial score (nSPS) is 10.1. The highest BCUT2D eigenvalue weighted by atomic mass is 16.4. The molecule has 0 fully saturated rings. The Morgan fingerprint density at radius 1 is 1.53 bits per heavy atom. The van der Waals surface area contributed by atoms with Crippen LogP contribution in [0.5, 0.6) is 0 Å². The summed E-state index contributed by atoms with van der Waals surface area (Å²) in [6.45, 7) is 0. The summed E-state index contributed by atoms with van der Waals surface area (Å²) in [5.74, 6) is -1.10. The molecule has 0 amide bonds. The Morgan fingerprint density at radius 3 is 2.87 bits per heavy atom. The summed E-state index contributed by atoms with van der Waals surface area (Å²) in [6.07, 6.45) is 4.54. The first-order chi connectivity index (χ1) is 7.18. The third kappa shape index (κ3) is 1.64. The van der Waals surface area contributed by atoms with Gasteiger partial charge in [-0.05, 0) is 12.1 Å². The molecule has 0 atom stereocenters. The molecule has 6 heteroatoms. The predicted molar refractivity (Wildman–Crippen MR) is 52.7 cm³/mol. The highest BCUT2D eigenvalue weighted by molar-refractivity contribution is 5.92. The van der Waals surface area contributed by atoms with Crippen molar-refractivity contribution in [2.24, 2.45) is 0 Å². The Labute approximate surface area is 85.0 Å². The summed E-state index contributed by atoms with van der Waals surface area (Å²) in [5, 5.41) is 12.7. The highest BCUT2D eigenvalue weighted by Gasteiger charge is 2.13. The lowest BCUT2D eigenvalue weighted by Crippen LogP contribution is -1.98. The zero-order valence-corrected chi connectivity index (χ0v) is 7.66. The first kappa shape index (κ1) is 9.20. The second-order valence-corrected chi connectivity index (χ2v) is 2.89. The number of pyridine rings is 1. The molecule has 2 aromatic rings. The van der Waals surface area contributed by atoms with Crippen LogP contribution in [0.15, 0.2) is 30.7 Å². The van der Waals surface area contributed by atoms with E-state index in [0.717, 1.165) is 0 Å². The SMILES string of the molecule is Nc1nn(-c2cccnc2)cc1C(=O)O. The molecule has 0 saturated carbocycles. The van der Waals surface area contributed by atoms with Gasteiger partial charge in [0.1, 0.15) is 5.56 Å². The third-order valence-electron chi connectivity index (χ3n) is 1.88. The first-order valence-electron chi connectivity index (χ1n) is 4.17. The van der Waals surface area contributed by atoms with E-state index in [-0.39, 0.29) is 11.4 Å². The molecule has 0 spiro atoms. The van der Waals surface area contributed by atoms with E-state index in [2.05, 4.69) is 10.1 Å². The Balaban J connectivity index is 2.48. The van der Waals surface area contributed by atoms with Crippen molar-refractivity contribution in [1.82, 2.24) is 14.8 Å². The molecule has 2 rings (SSSR count). The average Bonchev–Trinajstić information content (AvgIpc) is 2.62. The van der Waals surface area contributed by atoms with E-state index < -0.39 is 5.97 Å². The van der Waals surface area contributed by atoms with Crippen LogP contribution in [-0.4, -0.2) is 25.8 Å². The molecule has 15 heavy (non-hydrogen) atoms. The van der Waals surface area contributed by atoms with Crippen LogP contribution < -0.4 is 5.73 Å². The topological polar surface area (TPSA) is 94.0 Å². The fraction of sp³-hybridized carbons (Fsp3) is 0. The zero-order chi connectivity index (χ0) is 10.8. The number of carbonyl (C=O) groups is 1. The average molecular weight is 204 g/mol.